The van der Waals surface area contributed by atoms with E-state index in [9.17, 15) is 18.4 Å². The van der Waals surface area contributed by atoms with E-state index in [4.69, 9.17) is 5.11 Å². The molecule has 0 aromatic heterocycles. The monoisotopic (exact) mass is 329 g/mol. The fourth-order valence-corrected chi connectivity index (χ4v) is 2.88. The van der Waals surface area contributed by atoms with Gasteiger partial charge < -0.3 is 10.4 Å². The Labute approximate surface area is 131 Å². The summed E-state index contributed by atoms with van der Waals surface area (Å²) in [6.07, 6.45) is -0.328. The van der Waals surface area contributed by atoms with E-state index in [0.29, 0.717) is 17.2 Å². The number of carboxylic acids is 1. The number of halogens is 2. The van der Waals surface area contributed by atoms with Crippen LogP contribution in [0.1, 0.15) is 25.3 Å². The molecule has 1 aromatic carbocycles. The minimum Gasteiger partial charge on any atom is -0.481 e. The standard InChI is InChI=1S/C15H17F2NO3S/c1-14(9-15(14,16)17)13(21)18-11-4-2-3-10(7-11)8-22-6-5-12(19)20/h2-4,7H,5-6,8-9H2,1H3,(H,18,21)(H,19,20). The zero-order chi connectivity index (χ0) is 16.4. The smallest absolute Gasteiger partial charge is 0.304 e. The van der Waals surface area contributed by atoms with E-state index < -0.39 is 29.6 Å². The zero-order valence-corrected chi connectivity index (χ0v) is 12.9. The molecule has 4 nitrogen and oxygen atoms in total. The minimum absolute atomic E-state index is 0.0918. The molecule has 0 bridgehead atoms. The third-order valence-electron chi connectivity index (χ3n) is 3.67. The summed E-state index contributed by atoms with van der Waals surface area (Å²) >= 11 is 1.47. The molecule has 1 aliphatic carbocycles. The Kier molecular flexibility index (Phi) is 4.75. The molecule has 2 rings (SSSR count). The summed E-state index contributed by atoms with van der Waals surface area (Å²) in [4.78, 5) is 22.3. The van der Waals surface area contributed by atoms with Crippen molar-refractivity contribution in [3.63, 3.8) is 0 Å². The van der Waals surface area contributed by atoms with Gasteiger partial charge in [0.15, 0.2) is 0 Å². The van der Waals surface area contributed by atoms with Gasteiger partial charge in [0.1, 0.15) is 5.41 Å². The van der Waals surface area contributed by atoms with Crippen LogP contribution in [0.3, 0.4) is 0 Å². The second-order valence-corrected chi connectivity index (χ2v) is 6.67. The second-order valence-electron chi connectivity index (χ2n) is 5.56. The van der Waals surface area contributed by atoms with Crippen LogP contribution in [0.15, 0.2) is 24.3 Å². The van der Waals surface area contributed by atoms with Gasteiger partial charge in [-0.2, -0.15) is 11.8 Å². The van der Waals surface area contributed by atoms with Crippen LogP contribution in [-0.2, 0) is 15.3 Å². The number of rotatable bonds is 7. The van der Waals surface area contributed by atoms with E-state index in [0.717, 1.165) is 5.56 Å². The van der Waals surface area contributed by atoms with Gasteiger partial charge in [-0.15, -0.1) is 0 Å². The predicted octanol–water partition coefficient (Wildman–Crippen LogP) is 3.38. The Bertz CT molecular complexity index is 594. The lowest BCUT2D eigenvalue weighted by molar-refractivity contribution is -0.136. The van der Waals surface area contributed by atoms with Crippen molar-refractivity contribution >= 4 is 29.3 Å². The number of amides is 1. The molecule has 1 atom stereocenters. The van der Waals surface area contributed by atoms with Crippen LogP contribution in [0.5, 0.6) is 0 Å². The highest BCUT2D eigenvalue weighted by Gasteiger charge is 2.72. The van der Waals surface area contributed by atoms with Crippen molar-refractivity contribution in [2.24, 2.45) is 5.41 Å². The van der Waals surface area contributed by atoms with E-state index in [1.807, 2.05) is 6.07 Å². The third kappa shape index (κ3) is 3.76. The van der Waals surface area contributed by atoms with Crippen LogP contribution in [0.25, 0.3) is 0 Å². The number of thioether (sulfide) groups is 1. The first-order chi connectivity index (χ1) is 10.2. The first-order valence-electron chi connectivity index (χ1n) is 6.82. The average Bonchev–Trinajstić information content (AvgIpc) is 2.95. The lowest BCUT2D eigenvalue weighted by Crippen LogP contribution is -2.26. The Morgan fingerprint density at radius 1 is 1.41 bits per heavy atom. The molecule has 1 unspecified atom stereocenters. The molecule has 22 heavy (non-hydrogen) atoms. The molecule has 1 amide bonds. The third-order valence-corrected chi connectivity index (χ3v) is 4.70. The van der Waals surface area contributed by atoms with Crippen molar-refractivity contribution in [3.8, 4) is 0 Å². The van der Waals surface area contributed by atoms with Gasteiger partial charge >= 0.3 is 5.97 Å². The maximum atomic E-state index is 13.2. The number of carbonyl (C=O) groups excluding carboxylic acids is 1. The number of carbonyl (C=O) groups is 2. The maximum absolute atomic E-state index is 13.2. The van der Waals surface area contributed by atoms with Gasteiger partial charge in [0.25, 0.3) is 5.92 Å². The molecule has 0 saturated heterocycles. The second kappa shape index (κ2) is 6.24. The van der Waals surface area contributed by atoms with Gasteiger partial charge in [-0.25, -0.2) is 8.78 Å². The summed E-state index contributed by atoms with van der Waals surface area (Å²) in [5, 5.41) is 11.1. The number of alkyl halides is 2. The van der Waals surface area contributed by atoms with Gasteiger partial charge in [-0.3, -0.25) is 9.59 Å². The summed E-state index contributed by atoms with van der Waals surface area (Å²) in [6, 6.07) is 6.94. The quantitative estimate of drug-likeness (QED) is 0.753. The highest BCUT2D eigenvalue weighted by Crippen LogP contribution is 2.60. The van der Waals surface area contributed by atoms with Gasteiger partial charge in [-0.1, -0.05) is 12.1 Å². The van der Waals surface area contributed by atoms with Crippen LogP contribution < -0.4 is 5.32 Å². The summed E-state index contributed by atoms with van der Waals surface area (Å²) in [5.41, 5.74) is -0.231. The van der Waals surface area contributed by atoms with E-state index >= 15 is 0 Å². The largest absolute Gasteiger partial charge is 0.481 e. The fraction of sp³-hybridized carbons (Fsp3) is 0.467. The van der Waals surface area contributed by atoms with Crippen LogP contribution in [0.2, 0.25) is 0 Å². The lowest BCUT2D eigenvalue weighted by Gasteiger charge is -2.12. The average molecular weight is 329 g/mol. The van der Waals surface area contributed by atoms with Gasteiger partial charge in [-0.05, 0) is 24.6 Å². The highest BCUT2D eigenvalue weighted by atomic mass is 32.2. The minimum atomic E-state index is -2.93. The van der Waals surface area contributed by atoms with E-state index in [2.05, 4.69) is 5.32 Å². The maximum Gasteiger partial charge on any atom is 0.304 e. The Hall–Kier alpha value is -1.63. The number of carboxylic acid groups (broad SMARTS) is 1. The Morgan fingerprint density at radius 3 is 2.68 bits per heavy atom. The van der Waals surface area contributed by atoms with Crippen molar-refractivity contribution in [1.29, 1.82) is 0 Å². The van der Waals surface area contributed by atoms with E-state index in [1.165, 1.54) is 18.7 Å². The fourth-order valence-electron chi connectivity index (χ4n) is 2.00. The number of hydrogen-bond acceptors (Lipinski definition) is 3. The summed E-state index contributed by atoms with van der Waals surface area (Å²) in [6.45, 7) is 1.26. The van der Waals surface area contributed by atoms with Crippen LogP contribution in [0, 0.1) is 5.41 Å². The van der Waals surface area contributed by atoms with Crippen molar-refractivity contribution in [1.82, 2.24) is 0 Å². The van der Waals surface area contributed by atoms with Gasteiger partial charge in [0.2, 0.25) is 5.91 Å². The van der Waals surface area contributed by atoms with E-state index in [1.54, 1.807) is 18.2 Å². The van der Waals surface area contributed by atoms with Crippen molar-refractivity contribution in [2.45, 2.75) is 31.4 Å². The molecule has 1 saturated carbocycles. The molecule has 1 aromatic rings. The molecule has 120 valence electrons. The van der Waals surface area contributed by atoms with Crippen molar-refractivity contribution < 1.29 is 23.5 Å². The topological polar surface area (TPSA) is 66.4 Å². The van der Waals surface area contributed by atoms with E-state index in [-0.39, 0.29) is 6.42 Å². The molecule has 1 fully saturated rings. The van der Waals surface area contributed by atoms with Crippen molar-refractivity contribution in [2.75, 3.05) is 11.1 Å². The molecular weight excluding hydrogens is 312 g/mol. The summed E-state index contributed by atoms with van der Waals surface area (Å²) in [7, 11) is 0. The molecule has 2 N–H and O–H groups in total. The number of benzene rings is 1. The molecule has 0 heterocycles. The van der Waals surface area contributed by atoms with Gasteiger partial charge in [0, 0.05) is 23.6 Å². The van der Waals surface area contributed by atoms with Crippen LogP contribution >= 0.6 is 11.8 Å². The van der Waals surface area contributed by atoms with Gasteiger partial charge in [0.05, 0.1) is 6.42 Å². The summed E-state index contributed by atoms with van der Waals surface area (Å²) < 4.78 is 26.3. The number of hydrogen-bond donors (Lipinski definition) is 2. The molecule has 0 spiro atoms. The first-order valence-corrected chi connectivity index (χ1v) is 7.98. The van der Waals surface area contributed by atoms with Crippen LogP contribution in [0.4, 0.5) is 14.5 Å². The first kappa shape index (κ1) is 16.7. The number of nitrogens with one attached hydrogen (secondary N) is 1. The molecular formula is C15H17F2NO3S. The summed E-state index contributed by atoms with van der Waals surface area (Å²) in [5.74, 6) is -3.34. The number of aliphatic carboxylic acids is 1. The molecule has 7 heteroatoms. The lowest BCUT2D eigenvalue weighted by atomic mass is 10.1. The van der Waals surface area contributed by atoms with Crippen LogP contribution in [-0.4, -0.2) is 28.7 Å². The molecule has 0 aliphatic heterocycles. The SMILES string of the molecule is CC1(C(=O)Nc2cccc(CSCCC(=O)O)c2)CC1(F)F. The Balaban J connectivity index is 1.89. The molecule has 1 aliphatic rings. The highest BCUT2D eigenvalue weighted by molar-refractivity contribution is 7.98. The van der Waals surface area contributed by atoms with Crippen molar-refractivity contribution in [3.05, 3.63) is 29.8 Å². The molecule has 0 radical (unpaired) electrons. The normalized spacial score (nSPS) is 22.1. The zero-order valence-electron chi connectivity index (χ0n) is 12.1. The number of anilines is 1. The predicted molar refractivity (Wildman–Crippen MR) is 81.2 cm³/mol. The Morgan fingerprint density at radius 2 is 2.09 bits per heavy atom.